The van der Waals surface area contributed by atoms with Gasteiger partial charge in [-0.05, 0) is 18.9 Å². The second-order valence-electron chi connectivity index (χ2n) is 5.79. The van der Waals surface area contributed by atoms with Gasteiger partial charge in [0.25, 0.3) is 5.56 Å². The zero-order chi connectivity index (χ0) is 17.2. The van der Waals surface area contributed by atoms with E-state index >= 15 is 0 Å². The summed E-state index contributed by atoms with van der Waals surface area (Å²) < 4.78 is 6.62. The minimum atomic E-state index is -0.428. The number of aromatic nitrogens is 5. The van der Waals surface area contributed by atoms with Crippen LogP contribution in [-0.4, -0.2) is 37.5 Å². The molecule has 2 N–H and O–H groups in total. The topological polar surface area (TPSA) is 115 Å². The van der Waals surface area contributed by atoms with Crippen molar-refractivity contribution in [1.29, 1.82) is 0 Å². The lowest BCUT2D eigenvalue weighted by molar-refractivity contribution is -0.117. The summed E-state index contributed by atoms with van der Waals surface area (Å²) in [5.74, 6) is 0.320. The van der Waals surface area contributed by atoms with E-state index in [2.05, 4.69) is 25.6 Å². The van der Waals surface area contributed by atoms with Gasteiger partial charge >= 0.3 is 0 Å². The third-order valence-corrected chi connectivity index (χ3v) is 4.04. The van der Waals surface area contributed by atoms with Crippen molar-refractivity contribution in [3.8, 4) is 0 Å². The SMILES string of the molecule is O=C(Cn1ncc2ccccc2c1=O)Nc1n[nH]c(C2CCCO2)n1. The number of carbonyl (C=O) groups excluding carboxylic acids is 1. The second-order valence-corrected chi connectivity index (χ2v) is 5.79. The highest BCUT2D eigenvalue weighted by atomic mass is 16.5. The first-order chi connectivity index (χ1) is 12.2. The van der Waals surface area contributed by atoms with E-state index in [0.29, 0.717) is 17.8 Å². The van der Waals surface area contributed by atoms with E-state index in [0.717, 1.165) is 22.9 Å². The molecule has 0 spiro atoms. The maximum Gasteiger partial charge on any atom is 0.275 e. The molecule has 0 aliphatic carbocycles. The minimum absolute atomic E-state index is 0.108. The average Bonchev–Trinajstić information content (AvgIpc) is 3.29. The third-order valence-electron chi connectivity index (χ3n) is 4.04. The van der Waals surface area contributed by atoms with E-state index in [1.54, 1.807) is 24.4 Å². The second kappa shape index (κ2) is 6.44. The molecule has 1 unspecified atom stereocenters. The van der Waals surface area contributed by atoms with Gasteiger partial charge in [0.05, 0.1) is 11.6 Å². The van der Waals surface area contributed by atoms with Crippen molar-refractivity contribution in [2.24, 2.45) is 0 Å². The van der Waals surface area contributed by atoms with E-state index in [1.807, 2.05) is 6.07 Å². The molecule has 0 saturated carbocycles. The molecule has 1 aliphatic rings. The number of anilines is 1. The van der Waals surface area contributed by atoms with Gasteiger partial charge < -0.3 is 4.74 Å². The number of ether oxygens (including phenoxy) is 1. The predicted octanol–water partition coefficient (Wildman–Crippen LogP) is 1.00. The number of nitrogens with one attached hydrogen (secondary N) is 2. The van der Waals surface area contributed by atoms with E-state index in [4.69, 9.17) is 4.74 Å². The summed E-state index contributed by atoms with van der Waals surface area (Å²) in [5.41, 5.74) is -0.316. The van der Waals surface area contributed by atoms with Gasteiger partial charge in [-0.25, -0.2) is 4.68 Å². The quantitative estimate of drug-likeness (QED) is 0.732. The maximum atomic E-state index is 12.4. The molecule has 0 bridgehead atoms. The predicted molar refractivity (Wildman–Crippen MR) is 88.9 cm³/mol. The number of hydrogen-bond donors (Lipinski definition) is 2. The number of fused-ring (bicyclic) bond motifs is 1. The third kappa shape index (κ3) is 3.13. The molecule has 1 fully saturated rings. The van der Waals surface area contributed by atoms with Crippen molar-refractivity contribution in [3.63, 3.8) is 0 Å². The smallest absolute Gasteiger partial charge is 0.275 e. The van der Waals surface area contributed by atoms with Crippen LogP contribution in [0.2, 0.25) is 0 Å². The van der Waals surface area contributed by atoms with Gasteiger partial charge in [0.15, 0.2) is 5.82 Å². The van der Waals surface area contributed by atoms with Crippen molar-refractivity contribution in [3.05, 3.63) is 46.6 Å². The van der Waals surface area contributed by atoms with Crippen LogP contribution in [0.25, 0.3) is 10.8 Å². The lowest BCUT2D eigenvalue weighted by Gasteiger charge is -2.05. The molecule has 25 heavy (non-hydrogen) atoms. The Morgan fingerprint density at radius 2 is 2.28 bits per heavy atom. The molecule has 9 heteroatoms. The summed E-state index contributed by atoms with van der Waals surface area (Å²) >= 11 is 0. The number of hydrogen-bond acceptors (Lipinski definition) is 6. The van der Waals surface area contributed by atoms with Crippen LogP contribution in [0.5, 0.6) is 0 Å². The zero-order valence-electron chi connectivity index (χ0n) is 13.3. The first-order valence-corrected chi connectivity index (χ1v) is 7.99. The summed E-state index contributed by atoms with van der Waals surface area (Å²) in [6.07, 6.45) is 3.30. The number of H-pyrrole nitrogens is 1. The lowest BCUT2D eigenvalue weighted by atomic mass is 10.2. The van der Waals surface area contributed by atoms with Gasteiger partial charge in [-0.2, -0.15) is 10.1 Å². The molecular formula is C16H16N6O3. The van der Waals surface area contributed by atoms with Crippen LogP contribution in [0.3, 0.4) is 0 Å². The van der Waals surface area contributed by atoms with Crippen molar-refractivity contribution in [2.75, 3.05) is 11.9 Å². The number of rotatable bonds is 4. The first-order valence-electron chi connectivity index (χ1n) is 7.99. The average molecular weight is 340 g/mol. The summed E-state index contributed by atoms with van der Waals surface area (Å²) in [6.45, 7) is 0.483. The Bertz CT molecular complexity index is 973. The van der Waals surface area contributed by atoms with Crippen LogP contribution >= 0.6 is 0 Å². The van der Waals surface area contributed by atoms with E-state index < -0.39 is 5.91 Å². The Kier molecular flexibility index (Phi) is 3.98. The van der Waals surface area contributed by atoms with Gasteiger partial charge in [0.2, 0.25) is 11.9 Å². The van der Waals surface area contributed by atoms with Gasteiger partial charge in [-0.1, -0.05) is 18.2 Å². The standard InChI is InChI=1S/C16H16N6O3/c23-13(18-16-19-14(20-21-16)12-6-3-7-25-12)9-22-15(24)11-5-2-1-4-10(11)8-17-22/h1-2,4-5,8,12H,3,6-7,9H2,(H2,18,19,20,21,23). The van der Waals surface area contributed by atoms with Crippen LogP contribution in [-0.2, 0) is 16.1 Å². The lowest BCUT2D eigenvalue weighted by Crippen LogP contribution is -2.29. The molecule has 9 nitrogen and oxygen atoms in total. The van der Waals surface area contributed by atoms with Gasteiger partial charge in [-0.3, -0.25) is 20.0 Å². The Balaban J connectivity index is 1.47. The minimum Gasteiger partial charge on any atom is -0.370 e. The Morgan fingerprint density at radius 1 is 1.40 bits per heavy atom. The zero-order valence-corrected chi connectivity index (χ0v) is 13.3. The highest BCUT2D eigenvalue weighted by Gasteiger charge is 2.22. The summed E-state index contributed by atoms with van der Waals surface area (Å²) in [4.78, 5) is 28.7. The van der Waals surface area contributed by atoms with Crippen molar-refractivity contribution < 1.29 is 9.53 Å². The fourth-order valence-corrected chi connectivity index (χ4v) is 2.81. The summed E-state index contributed by atoms with van der Waals surface area (Å²) in [7, 11) is 0. The van der Waals surface area contributed by atoms with Crippen molar-refractivity contribution >= 4 is 22.6 Å². The van der Waals surface area contributed by atoms with Crippen LogP contribution in [0, 0.1) is 0 Å². The van der Waals surface area contributed by atoms with Crippen LogP contribution in [0.1, 0.15) is 24.8 Å². The maximum absolute atomic E-state index is 12.4. The first kappa shape index (κ1) is 15.5. The highest BCUT2D eigenvalue weighted by Crippen LogP contribution is 2.25. The number of benzene rings is 1. The van der Waals surface area contributed by atoms with Gasteiger partial charge in [0, 0.05) is 12.0 Å². The molecule has 3 heterocycles. The van der Waals surface area contributed by atoms with Crippen LogP contribution < -0.4 is 10.9 Å². The van der Waals surface area contributed by atoms with Gasteiger partial charge in [0.1, 0.15) is 12.6 Å². The number of aromatic amines is 1. The normalized spacial score (nSPS) is 17.0. The summed E-state index contributed by atoms with van der Waals surface area (Å²) in [6, 6.07) is 7.11. The molecule has 1 amide bonds. The van der Waals surface area contributed by atoms with E-state index in [1.165, 1.54) is 0 Å². The van der Waals surface area contributed by atoms with E-state index in [9.17, 15) is 9.59 Å². The molecular weight excluding hydrogens is 324 g/mol. The number of nitrogens with zero attached hydrogens (tertiary/aromatic N) is 4. The largest absolute Gasteiger partial charge is 0.370 e. The molecule has 4 rings (SSSR count). The van der Waals surface area contributed by atoms with Gasteiger partial charge in [-0.15, -0.1) is 5.10 Å². The molecule has 1 atom stereocenters. The Morgan fingerprint density at radius 3 is 3.12 bits per heavy atom. The Hall–Kier alpha value is -3.07. The monoisotopic (exact) mass is 340 g/mol. The Labute approximate surface area is 142 Å². The molecule has 1 aliphatic heterocycles. The highest BCUT2D eigenvalue weighted by molar-refractivity contribution is 5.89. The fourth-order valence-electron chi connectivity index (χ4n) is 2.81. The number of amides is 1. The van der Waals surface area contributed by atoms with E-state index in [-0.39, 0.29) is 24.2 Å². The van der Waals surface area contributed by atoms with Crippen LogP contribution in [0.4, 0.5) is 5.95 Å². The fraction of sp³-hybridized carbons (Fsp3) is 0.312. The van der Waals surface area contributed by atoms with Crippen molar-refractivity contribution in [1.82, 2.24) is 25.0 Å². The molecule has 128 valence electrons. The van der Waals surface area contributed by atoms with Crippen molar-refractivity contribution in [2.45, 2.75) is 25.5 Å². The summed E-state index contributed by atoms with van der Waals surface area (Å²) in [5, 5.41) is 14.6. The molecule has 1 saturated heterocycles. The molecule has 2 aromatic heterocycles. The molecule has 1 aromatic carbocycles. The van der Waals surface area contributed by atoms with Crippen LogP contribution in [0.15, 0.2) is 35.3 Å². The number of carbonyl (C=O) groups is 1. The molecule has 0 radical (unpaired) electrons. The molecule has 3 aromatic rings.